The van der Waals surface area contributed by atoms with Crippen LogP contribution >= 0.6 is 0 Å². The minimum atomic E-state index is -0.0615. The van der Waals surface area contributed by atoms with E-state index in [1.54, 1.807) is 7.11 Å². The maximum Gasteiger partial charge on any atom is 0.251 e. The van der Waals surface area contributed by atoms with Gasteiger partial charge in [0.25, 0.3) is 5.89 Å². The minimum absolute atomic E-state index is 0.0615. The lowest BCUT2D eigenvalue weighted by atomic mass is 10.1. The number of methoxy groups -OCH3 is 1. The Morgan fingerprint density at radius 3 is 2.64 bits per heavy atom. The van der Waals surface area contributed by atoms with Crippen molar-refractivity contribution in [3.8, 4) is 23.0 Å². The van der Waals surface area contributed by atoms with Gasteiger partial charge in [-0.2, -0.15) is 0 Å². The number of ether oxygens (including phenoxy) is 2. The molecule has 0 saturated heterocycles. The Hall–Kier alpha value is -3.35. The first-order chi connectivity index (χ1) is 13.7. The molecular weight excluding hydrogens is 358 g/mol. The molecule has 0 atom stereocenters. The lowest BCUT2D eigenvalue weighted by Gasteiger charge is -2.06. The highest BCUT2D eigenvalue weighted by Gasteiger charge is 2.13. The molecule has 2 aromatic carbocycles. The third-order valence-corrected chi connectivity index (χ3v) is 4.06. The molecule has 1 heterocycles. The Labute approximate surface area is 163 Å². The van der Waals surface area contributed by atoms with Gasteiger partial charge in [0.2, 0.25) is 11.8 Å². The zero-order valence-electron chi connectivity index (χ0n) is 16.0. The number of nitrogens with zero attached hydrogens (tertiary/aromatic N) is 2. The van der Waals surface area contributed by atoms with Gasteiger partial charge >= 0.3 is 0 Å². The Morgan fingerprint density at radius 1 is 1.11 bits per heavy atom. The van der Waals surface area contributed by atoms with E-state index in [1.165, 1.54) is 0 Å². The fourth-order valence-electron chi connectivity index (χ4n) is 2.71. The number of para-hydroxylation sites is 1. The van der Waals surface area contributed by atoms with Crippen molar-refractivity contribution in [3.63, 3.8) is 0 Å². The van der Waals surface area contributed by atoms with Crippen molar-refractivity contribution in [2.45, 2.75) is 19.8 Å². The molecule has 1 aromatic heterocycles. The van der Waals surface area contributed by atoms with Gasteiger partial charge in [-0.25, -0.2) is 0 Å². The van der Waals surface area contributed by atoms with E-state index < -0.39 is 0 Å². The van der Waals surface area contributed by atoms with Crippen LogP contribution < -0.4 is 14.8 Å². The summed E-state index contributed by atoms with van der Waals surface area (Å²) in [5.41, 5.74) is 1.67. The van der Waals surface area contributed by atoms with Crippen LogP contribution in [0.25, 0.3) is 11.5 Å². The summed E-state index contributed by atoms with van der Waals surface area (Å²) in [5.74, 6) is 2.26. The largest absolute Gasteiger partial charge is 0.496 e. The third kappa shape index (κ3) is 5.09. The van der Waals surface area contributed by atoms with Gasteiger partial charge in [-0.3, -0.25) is 4.79 Å². The molecule has 0 aliphatic heterocycles. The highest BCUT2D eigenvalue weighted by Crippen LogP contribution is 2.28. The summed E-state index contributed by atoms with van der Waals surface area (Å²) in [4.78, 5) is 12.1. The number of nitrogens with one attached hydrogen (secondary N) is 1. The van der Waals surface area contributed by atoms with Gasteiger partial charge in [-0.05, 0) is 36.8 Å². The van der Waals surface area contributed by atoms with Crippen LogP contribution in [-0.4, -0.2) is 36.4 Å². The van der Waals surface area contributed by atoms with Crippen molar-refractivity contribution in [2.75, 3.05) is 20.3 Å². The number of carbonyl (C=O) groups excluding carboxylic acids is 1. The first kappa shape index (κ1) is 19.4. The van der Waals surface area contributed by atoms with Gasteiger partial charge in [0, 0.05) is 13.0 Å². The van der Waals surface area contributed by atoms with E-state index in [0.29, 0.717) is 43.5 Å². The van der Waals surface area contributed by atoms with Gasteiger partial charge in [0.15, 0.2) is 0 Å². The van der Waals surface area contributed by atoms with Crippen LogP contribution in [-0.2, 0) is 17.6 Å². The number of hydrogen-bond acceptors (Lipinski definition) is 6. The van der Waals surface area contributed by atoms with Crippen molar-refractivity contribution < 1.29 is 18.7 Å². The van der Waals surface area contributed by atoms with Crippen LogP contribution in [0.3, 0.4) is 0 Å². The fourth-order valence-corrected chi connectivity index (χ4v) is 2.71. The number of hydrogen-bond donors (Lipinski definition) is 1. The molecule has 3 rings (SSSR count). The van der Waals surface area contributed by atoms with Crippen LogP contribution in [0.1, 0.15) is 18.4 Å². The smallest absolute Gasteiger partial charge is 0.251 e. The molecule has 7 heteroatoms. The van der Waals surface area contributed by atoms with Crippen LogP contribution in [0.4, 0.5) is 0 Å². The lowest BCUT2D eigenvalue weighted by molar-refractivity contribution is -0.120. The molecule has 0 fully saturated rings. The molecule has 0 bridgehead atoms. The zero-order chi connectivity index (χ0) is 19.8. The van der Waals surface area contributed by atoms with Crippen LogP contribution in [0.15, 0.2) is 52.9 Å². The van der Waals surface area contributed by atoms with E-state index in [1.807, 2.05) is 55.5 Å². The standard InChI is InChI=1S/C21H23N3O4/c1-3-27-16-10-8-15(9-11-16)14-19(25)22-13-12-20-23-24-21(28-20)17-6-4-5-7-18(17)26-2/h4-11H,3,12-14H2,1-2H3,(H,22,25). The van der Waals surface area contributed by atoms with Gasteiger partial charge in [0.05, 0.1) is 25.7 Å². The van der Waals surface area contributed by atoms with E-state index in [0.717, 1.165) is 16.9 Å². The van der Waals surface area contributed by atoms with Crippen molar-refractivity contribution in [1.29, 1.82) is 0 Å². The molecular formula is C21H23N3O4. The normalized spacial score (nSPS) is 10.5. The number of amides is 1. The second-order valence-electron chi connectivity index (χ2n) is 6.05. The predicted molar refractivity (Wildman–Crippen MR) is 104 cm³/mol. The topological polar surface area (TPSA) is 86.5 Å². The average Bonchev–Trinajstić information content (AvgIpc) is 3.18. The number of aromatic nitrogens is 2. The van der Waals surface area contributed by atoms with E-state index in [-0.39, 0.29) is 5.91 Å². The molecule has 146 valence electrons. The summed E-state index contributed by atoms with van der Waals surface area (Å²) in [5, 5.41) is 11.0. The first-order valence-electron chi connectivity index (χ1n) is 9.13. The Morgan fingerprint density at radius 2 is 1.89 bits per heavy atom. The van der Waals surface area contributed by atoms with Crippen LogP contribution in [0.5, 0.6) is 11.5 Å². The molecule has 0 saturated carbocycles. The number of benzene rings is 2. The SMILES string of the molecule is CCOc1ccc(CC(=O)NCCc2nnc(-c3ccccc3OC)o2)cc1. The van der Waals surface area contributed by atoms with E-state index >= 15 is 0 Å². The molecule has 0 unspecified atom stereocenters. The Balaban J connectivity index is 1.48. The maximum atomic E-state index is 12.1. The summed E-state index contributed by atoms with van der Waals surface area (Å²) in [7, 11) is 1.59. The molecule has 0 spiro atoms. The van der Waals surface area contributed by atoms with Crippen molar-refractivity contribution in [1.82, 2.24) is 15.5 Å². The van der Waals surface area contributed by atoms with E-state index in [9.17, 15) is 4.79 Å². The summed E-state index contributed by atoms with van der Waals surface area (Å²) < 4.78 is 16.4. The number of rotatable bonds is 9. The first-order valence-corrected chi connectivity index (χ1v) is 9.13. The van der Waals surface area contributed by atoms with Gasteiger partial charge in [-0.15, -0.1) is 10.2 Å². The average molecular weight is 381 g/mol. The molecule has 1 N–H and O–H groups in total. The second-order valence-corrected chi connectivity index (χ2v) is 6.05. The van der Waals surface area contributed by atoms with Crippen molar-refractivity contribution in [3.05, 3.63) is 60.0 Å². The zero-order valence-corrected chi connectivity index (χ0v) is 16.0. The summed E-state index contributed by atoms with van der Waals surface area (Å²) in [6, 6.07) is 15.0. The lowest BCUT2D eigenvalue weighted by Crippen LogP contribution is -2.27. The van der Waals surface area contributed by atoms with Crippen LogP contribution in [0, 0.1) is 0 Å². The minimum Gasteiger partial charge on any atom is -0.496 e. The molecule has 1 amide bonds. The Kier molecular flexibility index (Phi) is 6.62. The quantitative estimate of drug-likeness (QED) is 0.613. The molecule has 28 heavy (non-hydrogen) atoms. The van der Waals surface area contributed by atoms with Gasteiger partial charge < -0.3 is 19.2 Å². The van der Waals surface area contributed by atoms with E-state index in [2.05, 4.69) is 15.5 Å². The summed E-state index contributed by atoms with van der Waals surface area (Å²) >= 11 is 0. The molecule has 0 aliphatic carbocycles. The second kappa shape index (κ2) is 9.55. The Bertz CT molecular complexity index is 906. The highest BCUT2D eigenvalue weighted by molar-refractivity contribution is 5.78. The van der Waals surface area contributed by atoms with Crippen LogP contribution in [0.2, 0.25) is 0 Å². The monoisotopic (exact) mass is 381 g/mol. The van der Waals surface area contributed by atoms with Gasteiger partial charge in [-0.1, -0.05) is 24.3 Å². The highest BCUT2D eigenvalue weighted by atomic mass is 16.5. The molecule has 7 nitrogen and oxygen atoms in total. The molecule has 3 aromatic rings. The maximum absolute atomic E-state index is 12.1. The van der Waals surface area contributed by atoms with Gasteiger partial charge in [0.1, 0.15) is 11.5 Å². The molecule has 0 radical (unpaired) electrons. The third-order valence-electron chi connectivity index (χ3n) is 4.06. The number of carbonyl (C=O) groups is 1. The van der Waals surface area contributed by atoms with Crippen molar-refractivity contribution in [2.24, 2.45) is 0 Å². The van der Waals surface area contributed by atoms with E-state index in [4.69, 9.17) is 13.9 Å². The fraction of sp³-hybridized carbons (Fsp3) is 0.286. The van der Waals surface area contributed by atoms with Crippen molar-refractivity contribution >= 4 is 5.91 Å². The predicted octanol–water partition coefficient (Wildman–Crippen LogP) is 3.05. The summed E-state index contributed by atoms with van der Waals surface area (Å²) in [6.45, 7) is 2.97. The molecule has 0 aliphatic rings. The summed E-state index contributed by atoms with van der Waals surface area (Å²) in [6.07, 6.45) is 0.764.